The molecule has 2 aromatic rings. The Morgan fingerprint density at radius 1 is 1.17 bits per heavy atom. The number of hydrogen-bond donors (Lipinski definition) is 2. The van der Waals surface area contributed by atoms with Crippen LogP contribution in [0.5, 0.6) is 0 Å². The van der Waals surface area contributed by atoms with Crippen LogP contribution in [0.15, 0.2) is 60.0 Å². The molecule has 2 rings (SSSR count). The molecule has 0 saturated carbocycles. The highest BCUT2D eigenvalue weighted by atomic mass is 32.2. The van der Waals surface area contributed by atoms with Crippen molar-refractivity contribution in [2.75, 3.05) is 17.6 Å². The van der Waals surface area contributed by atoms with Gasteiger partial charge in [0.2, 0.25) is 15.9 Å². The van der Waals surface area contributed by atoms with Crippen molar-refractivity contribution < 1.29 is 22.4 Å². The molecule has 0 atom stereocenters. The van der Waals surface area contributed by atoms with Gasteiger partial charge in [-0.15, -0.1) is 18.3 Å². The lowest BCUT2D eigenvalue weighted by atomic mass is 10.1. The van der Waals surface area contributed by atoms with Crippen molar-refractivity contribution in [3.8, 4) is 0 Å². The lowest BCUT2D eigenvalue weighted by molar-refractivity contribution is -0.113. The van der Waals surface area contributed by atoms with Gasteiger partial charge in [0, 0.05) is 22.7 Å². The SMILES string of the molecule is C=CCNS(=O)(=O)Cc1ccc(NC(=O)CSc2ccc(C(C)=O)cc2F)cc1. The number of hydrogen-bond acceptors (Lipinski definition) is 5. The number of halogens is 1. The van der Waals surface area contributed by atoms with E-state index in [9.17, 15) is 22.4 Å². The van der Waals surface area contributed by atoms with E-state index in [2.05, 4.69) is 16.6 Å². The van der Waals surface area contributed by atoms with Crippen LogP contribution >= 0.6 is 11.8 Å². The number of carbonyl (C=O) groups excluding carboxylic acids is 2. The molecule has 0 aliphatic rings. The first kappa shape index (κ1) is 22.8. The van der Waals surface area contributed by atoms with Gasteiger partial charge < -0.3 is 5.32 Å². The fourth-order valence-corrected chi connectivity index (χ4v) is 4.14. The maximum atomic E-state index is 14.0. The first-order valence-electron chi connectivity index (χ1n) is 8.60. The van der Waals surface area contributed by atoms with Gasteiger partial charge in [-0.1, -0.05) is 24.3 Å². The summed E-state index contributed by atoms with van der Waals surface area (Å²) in [6, 6.07) is 10.6. The Balaban J connectivity index is 1.89. The summed E-state index contributed by atoms with van der Waals surface area (Å²) in [7, 11) is -3.45. The molecule has 0 saturated heterocycles. The highest BCUT2D eigenvalue weighted by Crippen LogP contribution is 2.23. The topological polar surface area (TPSA) is 92.3 Å². The summed E-state index contributed by atoms with van der Waals surface area (Å²) in [5.41, 5.74) is 1.35. The van der Waals surface area contributed by atoms with E-state index >= 15 is 0 Å². The molecule has 0 aliphatic carbocycles. The van der Waals surface area contributed by atoms with Crippen LogP contribution in [0.2, 0.25) is 0 Å². The van der Waals surface area contributed by atoms with Crippen molar-refractivity contribution in [1.29, 1.82) is 0 Å². The summed E-state index contributed by atoms with van der Waals surface area (Å²) in [5, 5.41) is 2.67. The number of nitrogens with one attached hydrogen (secondary N) is 2. The zero-order valence-electron chi connectivity index (χ0n) is 15.8. The number of Topliss-reactive ketones (excluding diaryl/α,β-unsaturated/α-hetero) is 1. The van der Waals surface area contributed by atoms with E-state index in [4.69, 9.17) is 0 Å². The summed E-state index contributed by atoms with van der Waals surface area (Å²) in [5.74, 6) is -1.31. The van der Waals surface area contributed by atoms with E-state index in [0.29, 0.717) is 11.3 Å². The summed E-state index contributed by atoms with van der Waals surface area (Å²) >= 11 is 1.02. The molecule has 0 bridgehead atoms. The second kappa shape index (κ2) is 10.3. The van der Waals surface area contributed by atoms with Crippen molar-refractivity contribution in [3.63, 3.8) is 0 Å². The van der Waals surface area contributed by atoms with Crippen molar-refractivity contribution >= 4 is 39.2 Å². The lowest BCUT2D eigenvalue weighted by Gasteiger charge is -2.08. The molecule has 6 nitrogen and oxygen atoms in total. The maximum Gasteiger partial charge on any atom is 0.234 e. The third kappa shape index (κ3) is 7.45. The van der Waals surface area contributed by atoms with Crippen LogP contribution in [0.25, 0.3) is 0 Å². The first-order chi connectivity index (χ1) is 13.7. The monoisotopic (exact) mass is 436 g/mol. The van der Waals surface area contributed by atoms with Gasteiger partial charge in [0.1, 0.15) is 5.82 Å². The fourth-order valence-electron chi connectivity index (χ4n) is 2.32. The molecular formula is C20H21FN2O4S2. The minimum absolute atomic E-state index is 0.0159. The van der Waals surface area contributed by atoms with E-state index in [1.807, 2.05) is 0 Å². The normalized spacial score (nSPS) is 11.1. The van der Waals surface area contributed by atoms with Gasteiger partial charge in [-0.3, -0.25) is 9.59 Å². The predicted octanol–water partition coefficient (Wildman–Crippen LogP) is 3.36. The Morgan fingerprint density at radius 3 is 2.45 bits per heavy atom. The number of rotatable bonds is 10. The smallest absolute Gasteiger partial charge is 0.234 e. The van der Waals surface area contributed by atoms with Gasteiger partial charge in [0.25, 0.3) is 0 Å². The molecule has 0 aliphatic heterocycles. The van der Waals surface area contributed by atoms with Crippen LogP contribution in [0.1, 0.15) is 22.8 Å². The summed E-state index contributed by atoms with van der Waals surface area (Å²) in [4.78, 5) is 23.6. The van der Waals surface area contributed by atoms with Crippen molar-refractivity contribution in [1.82, 2.24) is 4.72 Å². The van der Waals surface area contributed by atoms with E-state index in [1.54, 1.807) is 24.3 Å². The van der Waals surface area contributed by atoms with E-state index < -0.39 is 15.8 Å². The van der Waals surface area contributed by atoms with Gasteiger partial charge in [-0.05, 0) is 36.8 Å². The molecule has 154 valence electrons. The van der Waals surface area contributed by atoms with Crippen LogP contribution in [0.4, 0.5) is 10.1 Å². The molecule has 0 radical (unpaired) electrons. The van der Waals surface area contributed by atoms with Crippen LogP contribution in [-0.4, -0.2) is 32.4 Å². The molecular weight excluding hydrogens is 415 g/mol. The average Bonchev–Trinajstić information content (AvgIpc) is 2.66. The Bertz CT molecular complexity index is 1010. The van der Waals surface area contributed by atoms with Gasteiger partial charge >= 0.3 is 0 Å². The van der Waals surface area contributed by atoms with E-state index in [1.165, 1.54) is 25.1 Å². The molecule has 9 heteroatoms. The molecule has 0 fully saturated rings. The quantitative estimate of drug-likeness (QED) is 0.338. The van der Waals surface area contributed by atoms with E-state index in [-0.39, 0.29) is 40.2 Å². The Hall–Kier alpha value is -2.49. The largest absolute Gasteiger partial charge is 0.325 e. The highest BCUT2D eigenvalue weighted by molar-refractivity contribution is 8.00. The number of benzene rings is 2. The standard InChI is InChI=1S/C20H21FN2O4S2/c1-3-10-22-29(26,27)13-15-4-7-17(8-5-15)23-20(25)12-28-19-9-6-16(14(2)24)11-18(19)21/h3-9,11,22H,1,10,12-13H2,2H3,(H,23,25). The molecule has 1 amide bonds. The number of anilines is 1. The zero-order chi connectivity index (χ0) is 21.4. The number of ketones is 1. The summed E-state index contributed by atoms with van der Waals surface area (Å²) in [6.07, 6.45) is 1.46. The second-order valence-corrected chi connectivity index (χ2v) is 8.96. The van der Waals surface area contributed by atoms with Crippen molar-refractivity contribution in [2.45, 2.75) is 17.6 Å². The third-order valence-corrected chi connectivity index (χ3v) is 6.11. The van der Waals surface area contributed by atoms with Crippen LogP contribution < -0.4 is 10.0 Å². The average molecular weight is 437 g/mol. The summed E-state index contributed by atoms with van der Waals surface area (Å²) in [6.45, 7) is 4.97. The van der Waals surface area contributed by atoms with Gasteiger partial charge in [-0.25, -0.2) is 17.5 Å². The molecule has 2 aromatic carbocycles. The van der Waals surface area contributed by atoms with Gasteiger partial charge in [0.15, 0.2) is 5.78 Å². The van der Waals surface area contributed by atoms with Gasteiger partial charge in [-0.2, -0.15) is 0 Å². The molecule has 0 spiro atoms. The molecule has 0 unspecified atom stereocenters. The highest BCUT2D eigenvalue weighted by Gasteiger charge is 2.12. The van der Waals surface area contributed by atoms with Gasteiger partial charge in [0.05, 0.1) is 11.5 Å². The lowest BCUT2D eigenvalue weighted by Crippen LogP contribution is -2.25. The summed E-state index contributed by atoms with van der Waals surface area (Å²) < 4.78 is 40.1. The Kier molecular flexibility index (Phi) is 8.12. The molecule has 29 heavy (non-hydrogen) atoms. The second-order valence-electron chi connectivity index (χ2n) is 6.13. The third-order valence-electron chi connectivity index (χ3n) is 3.74. The van der Waals surface area contributed by atoms with Crippen molar-refractivity contribution in [2.24, 2.45) is 0 Å². The number of thioether (sulfide) groups is 1. The number of sulfonamides is 1. The van der Waals surface area contributed by atoms with E-state index in [0.717, 1.165) is 17.8 Å². The Morgan fingerprint density at radius 2 is 1.86 bits per heavy atom. The molecule has 0 heterocycles. The number of amides is 1. The zero-order valence-corrected chi connectivity index (χ0v) is 17.4. The van der Waals surface area contributed by atoms with Crippen LogP contribution in [0, 0.1) is 5.82 Å². The predicted molar refractivity (Wildman–Crippen MR) is 113 cm³/mol. The van der Waals surface area contributed by atoms with Crippen molar-refractivity contribution in [3.05, 3.63) is 72.1 Å². The molecule has 2 N–H and O–H groups in total. The molecule has 0 aromatic heterocycles. The maximum absolute atomic E-state index is 14.0. The minimum Gasteiger partial charge on any atom is -0.325 e. The minimum atomic E-state index is -3.45. The first-order valence-corrected chi connectivity index (χ1v) is 11.2. The Labute approximate surface area is 173 Å². The fraction of sp³-hybridized carbons (Fsp3) is 0.200. The van der Waals surface area contributed by atoms with Crippen LogP contribution in [0.3, 0.4) is 0 Å². The van der Waals surface area contributed by atoms with Crippen LogP contribution in [-0.2, 0) is 20.6 Å². The number of carbonyl (C=O) groups is 2.